The van der Waals surface area contributed by atoms with Gasteiger partial charge in [0.1, 0.15) is 12.2 Å². The van der Waals surface area contributed by atoms with Gasteiger partial charge >= 0.3 is 0 Å². The smallest absolute Gasteiger partial charge is 0.254 e. The number of carbonyl (C=O) groups excluding carboxylic acids is 1. The molecule has 2 saturated heterocycles. The summed E-state index contributed by atoms with van der Waals surface area (Å²) in [7, 11) is 5.16. The Morgan fingerprint density at radius 2 is 1.90 bits per heavy atom. The summed E-state index contributed by atoms with van der Waals surface area (Å²) in [6.07, 6.45) is 0.0811. The number of amides is 1. The first-order valence-corrected chi connectivity index (χ1v) is 9.28. The highest BCUT2D eigenvalue weighted by Gasteiger charge is 2.51. The van der Waals surface area contributed by atoms with Crippen LogP contribution in [0.25, 0.3) is 0 Å². The van der Waals surface area contributed by atoms with Gasteiger partial charge in [-0.05, 0) is 31.8 Å². The van der Waals surface area contributed by atoms with Crippen LogP contribution in [0.1, 0.15) is 20.3 Å². The lowest BCUT2D eigenvalue weighted by atomic mass is 10.1. The van der Waals surface area contributed by atoms with E-state index in [1.54, 1.807) is 26.1 Å². The number of nitrogens with zero attached hydrogens (tertiary/aromatic N) is 1. The van der Waals surface area contributed by atoms with E-state index in [2.05, 4.69) is 0 Å². The van der Waals surface area contributed by atoms with Crippen molar-refractivity contribution in [3.8, 4) is 0 Å². The van der Waals surface area contributed by atoms with Gasteiger partial charge in [-0.15, -0.1) is 23.5 Å². The highest BCUT2D eigenvalue weighted by molar-refractivity contribution is 8.17. The zero-order chi connectivity index (χ0) is 15.6. The number of ether oxygens (including phenoxy) is 3. The summed E-state index contributed by atoms with van der Waals surface area (Å²) in [6.45, 7) is 3.69. The molecule has 0 saturated carbocycles. The topological polar surface area (TPSA) is 48.0 Å². The van der Waals surface area contributed by atoms with E-state index in [1.807, 2.05) is 37.4 Å². The Bertz CT molecular complexity index is 372. The van der Waals surface area contributed by atoms with E-state index in [1.165, 1.54) is 6.42 Å². The van der Waals surface area contributed by atoms with E-state index in [0.29, 0.717) is 0 Å². The van der Waals surface area contributed by atoms with Crippen molar-refractivity contribution < 1.29 is 19.0 Å². The Hall–Kier alpha value is 0.0500. The molecule has 2 aliphatic rings. The quantitative estimate of drug-likeness (QED) is 0.781. The van der Waals surface area contributed by atoms with Crippen LogP contribution >= 0.6 is 23.5 Å². The lowest BCUT2D eigenvalue weighted by molar-refractivity contribution is -0.163. The Morgan fingerprint density at radius 3 is 2.43 bits per heavy atom. The third-order valence-electron chi connectivity index (χ3n) is 3.53. The Morgan fingerprint density at radius 1 is 1.29 bits per heavy atom. The highest BCUT2D eigenvalue weighted by atomic mass is 32.2. The van der Waals surface area contributed by atoms with Crippen LogP contribution in [0, 0.1) is 0 Å². The second-order valence-corrected chi connectivity index (χ2v) is 8.71. The maximum absolute atomic E-state index is 12.4. The number of likely N-dealkylation sites (N-methyl/N-ethyl adjacent to an activating group) is 1. The largest absolute Gasteiger partial charge is 0.377 e. The van der Waals surface area contributed by atoms with Gasteiger partial charge in [-0.3, -0.25) is 4.79 Å². The van der Waals surface area contributed by atoms with Crippen molar-refractivity contribution in [3.05, 3.63) is 0 Å². The molecule has 0 unspecified atom stereocenters. The SMILES string of the molecule is CO[C@@H](C1SCCCS1)[C@@H]1OC(C)(C)O[C@H]1C(=O)N(C)C. The molecule has 0 radical (unpaired) electrons. The summed E-state index contributed by atoms with van der Waals surface area (Å²) >= 11 is 3.77. The molecule has 2 heterocycles. The highest BCUT2D eigenvalue weighted by Crippen LogP contribution is 2.40. The Labute approximate surface area is 135 Å². The molecule has 0 aromatic carbocycles. The Balaban J connectivity index is 2.17. The summed E-state index contributed by atoms with van der Waals surface area (Å²) < 4.78 is 17.9. The minimum Gasteiger partial charge on any atom is -0.377 e. The van der Waals surface area contributed by atoms with E-state index >= 15 is 0 Å². The zero-order valence-corrected chi connectivity index (χ0v) is 15.0. The Kier molecular flexibility index (Phi) is 5.87. The molecule has 3 atom stereocenters. The van der Waals surface area contributed by atoms with Crippen LogP contribution in [-0.4, -0.2) is 72.2 Å². The molecule has 2 fully saturated rings. The van der Waals surface area contributed by atoms with Crippen molar-refractivity contribution >= 4 is 29.4 Å². The van der Waals surface area contributed by atoms with Crippen LogP contribution in [-0.2, 0) is 19.0 Å². The van der Waals surface area contributed by atoms with Crippen molar-refractivity contribution in [1.29, 1.82) is 0 Å². The van der Waals surface area contributed by atoms with Gasteiger partial charge in [-0.1, -0.05) is 0 Å². The number of methoxy groups -OCH3 is 1. The molecule has 5 nitrogen and oxygen atoms in total. The summed E-state index contributed by atoms with van der Waals surface area (Å²) in [5, 5.41) is 0. The lowest BCUT2D eigenvalue weighted by Gasteiger charge is -2.33. The van der Waals surface area contributed by atoms with Crippen LogP contribution in [0.4, 0.5) is 0 Å². The summed E-state index contributed by atoms with van der Waals surface area (Å²) in [4.78, 5) is 14.0. The summed E-state index contributed by atoms with van der Waals surface area (Å²) in [6, 6.07) is 0. The molecular weight excluding hydrogens is 310 g/mol. The molecule has 122 valence electrons. The molecule has 0 N–H and O–H groups in total. The van der Waals surface area contributed by atoms with Crippen molar-refractivity contribution in [2.24, 2.45) is 0 Å². The molecule has 7 heteroatoms. The molecule has 0 aliphatic carbocycles. The van der Waals surface area contributed by atoms with E-state index < -0.39 is 11.9 Å². The maximum atomic E-state index is 12.4. The second kappa shape index (κ2) is 7.08. The van der Waals surface area contributed by atoms with E-state index in [9.17, 15) is 4.79 Å². The van der Waals surface area contributed by atoms with Gasteiger partial charge in [0.2, 0.25) is 0 Å². The van der Waals surface area contributed by atoms with Crippen molar-refractivity contribution in [2.75, 3.05) is 32.7 Å². The van der Waals surface area contributed by atoms with Crippen LogP contribution in [0.3, 0.4) is 0 Å². The number of hydrogen-bond donors (Lipinski definition) is 0. The second-order valence-electron chi connectivity index (χ2n) is 5.92. The molecular formula is C14H25NO4S2. The summed E-state index contributed by atoms with van der Waals surface area (Å²) in [5.74, 6) is 1.42. The molecule has 0 aromatic heterocycles. The first-order chi connectivity index (χ1) is 9.85. The van der Waals surface area contributed by atoms with Gasteiger partial charge in [0.15, 0.2) is 11.9 Å². The average Bonchev–Trinajstić information content (AvgIpc) is 2.75. The van der Waals surface area contributed by atoms with Crippen LogP contribution in [0.15, 0.2) is 0 Å². The fourth-order valence-electron chi connectivity index (χ4n) is 2.57. The number of rotatable bonds is 4. The minimum absolute atomic E-state index is 0.0709. The molecule has 1 amide bonds. The predicted molar refractivity (Wildman–Crippen MR) is 86.6 cm³/mol. The lowest BCUT2D eigenvalue weighted by Crippen LogP contribution is -2.48. The fourth-order valence-corrected chi connectivity index (χ4v) is 5.71. The predicted octanol–water partition coefficient (Wildman–Crippen LogP) is 1.81. The van der Waals surface area contributed by atoms with Crippen LogP contribution in [0.5, 0.6) is 0 Å². The van der Waals surface area contributed by atoms with E-state index in [4.69, 9.17) is 14.2 Å². The van der Waals surface area contributed by atoms with Crippen LogP contribution < -0.4 is 0 Å². The number of carbonyl (C=O) groups is 1. The van der Waals surface area contributed by atoms with Crippen molar-refractivity contribution in [1.82, 2.24) is 4.90 Å². The normalized spacial score (nSPS) is 31.1. The van der Waals surface area contributed by atoms with E-state index in [0.717, 1.165) is 11.5 Å². The molecule has 0 spiro atoms. The van der Waals surface area contributed by atoms with E-state index in [-0.39, 0.29) is 22.7 Å². The number of thioether (sulfide) groups is 2. The summed E-state index contributed by atoms with van der Waals surface area (Å²) in [5.41, 5.74) is 0. The van der Waals surface area contributed by atoms with Crippen molar-refractivity contribution in [2.45, 2.75) is 48.9 Å². The monoisotopic (exact) mass is 335 g/mol. The third-order valence-corrected chi connectivity index (χ3v) is 6.59. The maximum Gasteiger partial charge on any atom is 0.254 e. The first kappa shape index (κ1) is 17.4. The van der Waals surface area contributed by atoms with Crippen LogP contribution in [0.2, 0.25) is 0 Å². The minimum atomic E-state index is -0.762. The standard InChI is InChI=1S/C14H25NO4S2/c1-14(2)18-9(10(19-14)12(16)15(3)4)11(17-5)13-20-7-6-8-21-13/h9-11,13H,6-8H2,1-5H3/t9-,10-,11-/m1/s1. The molecule has 0 aromatic rings. The number of hydrogen-bond acceptors (Lipinski definition) is 6. The fraction of sp³-hybridized carbons (Fsp3) is 0.929. The molecule has 21 heavy (non-hydrogen) atoms. The molecule has 2 aliphatic heterocycles. The third kappa shape index (κ3) is 4.07. The van der Waals surface area contributed by atoms with Gasteiger partial charge < -0.3 is 19.1 Å². The average molecular weight is 335 g/mol. The van der Waals surface area contributed by atoms with Gasteiger partial charge in [-0.25, -0.2) is 0 Å². The first-order valence-electron chi connectivity index (χ1n) is 7.18. The van der Waals surface area contributed by atoms with Gasteiger partial charge in [0.05, 0.1) is 4.58 Å². The zero-order valence-electron chi connectivity index (χ0n) is 13.3. The molecule has 0 bridgehead atoms. The molecule has 2 rings (SSSR count). The van der Waals surface area contributed by atoms with Crippen molar-refractivity contribution in [3.63, 3.8) is 0 Å². The van der Waals surface area contributed by atoms with Gasteiger partial charge in [0.25, 0.3) is 5.91 Å². The van der Waals surface area contributed by atoms with Gasteiger partial charge in [0, 0.05) is 21.2 Å². The van der Waals surface area contributed by atoms with Gasteiger partial charge in [-0.2, -0.15) is 0 Å².